The minimum atomic E-state index is -1.18. The molecule has 1 aromatic carbocycles. The normalized spacial score (nSPS) is 28.2. The van der Waals surface area contributed by atoms with E-state index in [4.69, 9.17) is 9.47 Å². The highest BCUT2D eigenvalue weighted by atomic mass is 16.6. The number of fused-ring (bicyclic) bond motifs is 2. The molecular formula is C28H37N5O6. The molecule has 2 aromatic rings. The van der Waals surface area contributed by atoms with Gasteiger partial charge in [0.1, 0.15) is 23.8 Å². The Bertz CT molecular complexity index is 1260. The number of amides is 2. The number of benzene rings is 1. The lowest BCUT2D eigenvalue weighted by atomic mass is 9.70. The number of carbonyl (C=O) groups excluding carboxylic acids is 3. The molecule has 0 radical (unpaired) electrons. The molecule has 3 fully saturated rings. The van der Waals surface area contributed by atoms with Gasteiger partial charge in [-0.2, -0.15) is 0 Å². The molecule has 39 heavy (non-hydrogen) atoms. The predicted molar refractivity (Wildman–Crippen MR) is 141 cm³/mol. The topological polar surface area (TPSA) is 127 Å². The van der Waals surface area contributed by atoms with Gasteiger partial charge >= 0.3 is 5.97 Å². The Morgan fingerprint density at radius 1 is 1.36 bits per heavy atom. The Labute approximate surface area is 227 Å². The lowest BCUT2D eigenvalue weighted by Crippen LogP contribution is -2.59. The van der Waals surface area contributed by atoms with Crippen LogP contribution in [0.3, 0.4) is 0 Å². The molecule has 1 aromatic heterocycles. The van der Waals surface area contributed by atoms with Crippen LogP contribution in [0.15, 0.2) is 36.9 Å². The monoisotopic (exact) mass is 539 g/mol. The van der Waals surface area contributed by atoms with Crippen LogP contribution in [0.4, 0.5) is 0 Å². The highest BCUT2D eigenvalue weighted by molar-refractivity contribution is 5.98. The zero-order chi connectivity index (χ0) is 27.9. The van der Waals surface area contributed by atoms with Gasteiger partial charge in [-0.15, -0.1) is 11.7 Å². The van der Waals surface area contributed by atoms with Crippen LogP contribution >= 0.6 is 0 Å². The molecule has 0 aliphatic carbocycles. The molecule has 11 nitrogen and oxygen atoms in total. The Balaban J connectivity index is 1.56. The molecule has 210 valence electrons. The summed E-state index contributed by atoms with van der Waals surface area (Å²) in [5, 5.41) is 18.9. The first kappa shape index (κ1) is 27.3. The van der Waals surface area contributed by atoms with Gasteiger partial charge in [0.2, 0.25) is 11.8 Å². The van der Waals surface area contributed by atoms with Crippen LogP contribution in [-0.2, 0) is 30.5 Å². The number of aliphatic hydroxyl groups excluding tert-OH is 1. The van der Waals surface area contributed by atoms with Crippen LogP contribution in [0.1, 0.15) is 40.0 Å². The van der Waals surface area contributed by atoms with Crippen molar-refractivity contribution in [3.8, 4) is 0 Å². The first-order chi connectivity index (χ1) is 18.8. The number of carbonyl (C=O) groups is 3. The van der Waals surface area contributed by atoms with E-state index >= 15 is 0 Å². The minimum absolute atomic E-state index is 0.0867. The molecule has 11 heteroatoms. The van der Waals surface area contributed by atoms with E-state index in [1.165, 1.54) is 4.90 Å². The molecule has 4 heterocycles. The highest BCUT2D eigenvalue weighted by Gasteiger charge is 2.75. The van der Waals surface area contributed by atoms with Crippen LogP contribution in [0.5, 0.6) is 0 Å². The van der Waals surface area contributed by atoms with Gasteiger partial charge in [-0.25, -0.2) is 4.68 Å². The van der Waals surface area contributed by atoms with Gasteiger partial charge in [0, 0.05) is 6.54 Å². The molecule has 5 rings (SSSR count). The summed E-state index contributed by atoms with van der Waals surface area (Å²) in [7, 11) is 0. The minimum Gasteiger partial charge on any atom is -0.466 e. The van der Waals surface area contributed by atoms with E-state index < -0.39 is 41.6 Å². The predicted octanol–water partition coefficient (Wildman–Crippen LogP) is 1.75. The molecular weight excluding hydrogens is 502 g/mol. The highest BCUT2D eigenvalue weighted by Crippen LogP contribution is 2.59. The third kappa shape index (κ3) is 4.41. The van der Waals surface area contributed by atoms with E-state index in [9.17, 15) is 19.5 Å². The van der Waals surface area contributed by atoms with Gasteiger partial charge < -0.3 is 24.4 Å². The molecule has 3 aliphatic heterocycles. The van der Waals surface area contributed by atoms with Gasteiger partial charge in [-0.05, 0) is 44.2 Å². The SMILES string of the molecule is C=CCN(Cn1nnc2ccccc21)C(=O)[C@@H]1N([C@@H](CO)CC(C)C)C(=O)[C@H]2[C@H](C(=O)OCC)[C@@H]3CC[C@]12O3. The first-order valence-corrected chi connectivity index (χ1v) is 13.7. The zero-order valence-electron chi connectivity index (χ0n) is 22.7. The summed E-state index contributed by atoms with van der Waals surface area (Å²) in [5.74, 6) is -2.61. The lowest BCUT2D eigenvalue weighted by Gasteiger charge is -2.39. The summed E-state index contributed by atoms with van der Waals surface area (Å²) < 4.78 is 13.5. The second-order valence-electron chi connectivity index (χ2n) is 11.1. The van der Waals surface area contributed by atoms with E-state index in [0.717, 1.165) is 5.52 Å². The van der Waals surface area contributed by atoms with Crippen molar-refractivity contribution in [2.75, 3.05) is 19.8 Å². The second kappa shape index (κ2) is 10.7. The summed E-state index contributed by atoms with van der Waals surface area (Å²) in [5.41, 5.74) is 0.292. The summed E-state index contributed by atoms with van der Waals surface area (Å²) in [6, 6.07) is 5.85. The fourth-order valence-electron chi connectivity index (χ4n) is 6.82. The number of ether oxygens (including phenoxy) is 2. The smallest absolute Gasteiger partial charge is 0.312 e. The summed E-state index contributed by atoms with van der Waals surface area (Å²) in [6.07, 6.45) is 2.65. The van der Waals surface area contributed by atoms with Gasteiger partial charge in [0.15, 0.2) is 0 Å². The van der Waals surface area contributed by atoms with Crippen molar-refractivity contribution in [3.63, 3.8) is 0 Å². The van der Waals surface area contributed by atoms with Gasteiger partial charge in [0.05, 0.1) is 42.7 Å². The number of hydrogen-bond donors (Lipinski definition) is 1. The fourth-order valence-corrected chi connectivity index (χ4v) is 6.82. The van der Waals surface area contributed by atoms with Crippen molar-refractivity contribution in [1.82, 2.24) is 24.8 Å². The molecule has 0 saturated carbocycles. The largest absolute Gasteiger partial charge is 0.466 e. The number of aromatic nitrogens is 3. The second-order valence-corrected chi connectivity index (χ2v) is 11.1. The van der Waals surface area contributed by atoms with E-state index in [1.807, 2.05) is 38.1 Å². The quantitative estimate of drug-likeness (QED) is 0.338. The molecule has 1 spiro atoms. The molecule has 2 amide bonds. The molecule has 3 aliphatic rings. The Hall–Kier alpha value is -3.31. The number of aliphatic hydroxyl groups is 1. The van der Waals surface area contributed by atoms with Crippen LogP contribution in [-0.4, -0.2) is 91.2 Å². The maximum atomic E-state index is 14.5. The van der Waals surface area contributed by atoms with Crippen molar-refractivity contribution in [2.24, 2.45) is 17.8 Å². The molecule has 3 saturated heterocycles. The standard InChI is InChI=1S/C28H37N5O6/c1-5-13-31(16-32-20-10-8-7-9-19(20)29-30-32)26(36)24-28-12-11-21(39-28)22(27(37)38-6-2)23(28)25(35)33(24)18(15-34)14-17(3)4/h5,7-10,17-18,21-24,34H,1,6,11-16H2,2-4H3/t18-,21+,22-,23-,24+,28-/m1/s1. The van der Waals surface area contributed by atoms with Crippen LogP contribution in [0.25, 0.3) is 11.0 Å². The maximum absolute atomic E-state index is 14.5. The first-order valence-electron chi connectivity index (χ1n) is 13.7. The van der Waals surface area contributed by atoms with Crippen LogP contribution in [0, 0.1) is 17.8 Å². The van der Waals surface area contributed by atoms with Crippen molar-refractivity contribution in [2.45, 2.75) is 70.5 Å². The van der Waals surface area contributed by atoms with E-state index in [0.29, 0.717) is 24.8 Å². The molecule has 2 bridgehead atoms. The number of para-hydroxylation sites is 1. The zero-order valence-corrected chi connectivity index (χ0v) is 22.7. The van der Waals surface area contributed by atoms with Gasteiger partial charge in [-0.1, -0.05) is 37.3 Å². The summed E-state index contributed by atoms with van der Waals surface area (Å²) in [4.78, 5) is 44.8. The van der Waals surface area contributed by atoms with E-state index in [2.05, 4.69) is 16.9 Å². The lowest BCUT2D eigenvalue weighted by molar-refractivity contribution is -0.156. The Morgan fingerprint density at radius 2 is 2.13 bits per heavy atom. The fraction of sp³-hybridized carbons (Fsp3) is 0.607. The Kier molecular flexibility index (Phi) is 7.47. The third-order valence-corrected chi connectivity index (χ3v) is 8.26. The summed E-state index contributed by atoms with van der Waals surface area (Å²) in [6.45, 7) is 9.74. The van der Waals surface area contributed by atoms with Crippen molar-refractivity contribution < 1.29 is 29.0 Å². The maximum Gasteiger partial charge on any atom is 0.312 e. The van der Waals surface area contributed by atoms with E-state index in [1.54, 1.807) is 22.6 Å². The van der Waals surface area contributed by atoms with Crippen LogP contribution in [0.2, 0.25) is 0 Å². The number of rotatable bonds is 11. The molecule has 1 N–H and O–H groups in total. The van der Waals surface area contributed by atoms with Crippen molar-refractivity contribution in [1.29, 1.82) is 0 Å². The van der Waals surface area contributed by atoms with Crippen molar-refractivity contribution in [3.05, 3.63) is 36.9 Å². The van der Waals surface area contributed by atoms with Gasteiger partial charge in [-0.3, -0.25) is 14.4 Å². The third-order valence-electron chi connectivity index (χ3n) is 8.26. The number of esters is 1. The average molecular weight is 540 g/mol. The van der Waals surface area contributed by atoms with E-state index in [-0.39, 0.29) is 44.2 Å². The molecule has 6 atom stereocenters. The van der Waals surface area contributed by atoms with Crippen molar-refractivity contribution >= 4 is 28.8 Å². The number of hydrogen-bond acceptors (Lipinski definition) is 8. The van der Waals surface area contributed by atoms with Crippen LogP contribution < -0.4 is 0 Å². The number of likely N-dealkylation sites (tertiary alicyclic amines) is 1. The number of nitrogens with zero attached hydrogens (tertiary/aromatic N) is 5. The molecule has 0 unspecified atom stereocenters. The summed E-state index contributed by atoms with van der Waals surface area (Å²) >= 11 is 0. The Morgan fingerprint density at radius 3 is 2.82 bits per heavy atom. The average Bonchev–Trinajstić information content (AvgIpc) is 3.66. The van der Waals surface area contributed by atoms with Gasteiger partial charge in [0.25, 0.3) is 0 Å².